The molecule has 0 aromatic heterocycles. The van der Waals surface area contributed by atoms with Gasteiger partial charge >= 0.3 is 0 Å². The molecule has 1 heterocycles. The lowest BCUT2D eigenvalue weighted by atomic mass is 9.98. The third kappa shape index (κ3) is 6.85. The standard InChI is InChI=1S/C25H31N3O2/c29-24(15-14-21-10-3-1-4-11-21)28-18-8-7-16-26-20-23(22-12-5-2-6-13-22)25(30)27-17-9-19-28/h1-6,10-15,23,26H,7-9,16-20H2,(H,27,30)/b15-14+/t23-/m1/s1. The largest absolute Gasteiger partial charge is 0.355 e. The SMILES string of the molecule is O=C1NCCCN(C(=O)/C=C/c2ccccc2)CCCCNC[C@@H]1c1ccccc1. The summed E-state index contributed by atoms with van der Waals surface area (Å²) in [6.45, 7) is 3.39. The quantitative estimate of drug-likeness (QED) is 0.771. The molecule has 1 aliphatic rings. The number of hydrogen-bond donors (Lipinski definition) is 2. The van der Waals surface area contributed by atoms with Crippen LogP contribution >= 0.6 is 0 Å². The van der Waals surface area contributed by atoms with E-state index in [9.17, 15) is 9.59 Å². The fraction of sp³-hybridized carbons (Fsp3) is 0.360. The summed E-state index contributed by atoms with van der Waals surface area (Å²) in [6.07, 6.45) is 6.16. The van der Waals surface area contributed by atoms with E-state index in [1.54, 1.807) is 6.08 Å². The van der Waals surface area contributed by atoms with Gasteiger partial charge in [0, 0.05) is 32.3 Å². The molecule has 2 aromatic rings. The summed E-state index contributed by atoms with van der Waals surface area (Å²) in [5.74, 6) is -0.136. The zero-order chi connectivity index (χ0) is 21.0. The fourth-order valence-corrected chi connectivity index (χ4v) is 3.62. The predicted molar refractivity (Wildman–Crippen MR) is 121 cm³/mol. The zero-order valence-electron chi connectivity index (χ0n) is 17.4. The molecule has 1 saturated heterocycles. The maximum Gasteiger partial charge on any atom is 0.246 e. The van der Waals surface area contributed by atoms with Crippen LogP contribution in [0.15, 0.2) is 66.7 Å². The molecule has 1 fully saturated rings. The van der Waals surface area contributed by atoms with E-state index in [0.717, 1.165) is 43.5 Å². The molecule has 2 amide bonds. The van der Waals surface area contributed by atoms with E-state index >= 15 is 0 Å². The van der Waals surface area contributed by atoms with Gasteiger partial charge in [0.15, 0.2) is 0 Å². The molecule has 2 aromatic carbocycles. The summed E-state index contributed by atoms with van der Waals surface area (Å²) in [5, 5.41) is 6.47. The number of hydrogen-bond acceptors (Lipinski definition) is 3. The average molecular weight is 406 g/mol. The Morgan fingerprint density at radius 2 is 1.60 bits per heavy atom. The van der Waals surface area contributed by atoms with Gasteiger partial charge in [0.2, 0.25) is 11.8 Å². The second kappa shape index (κ2) is 11.9. The molecule has 5 heteroatoms. The lowest BCUT2D eigenvalue weighted by Gasteiger charge is -2.21. The lowest BCUT2D eigenvalue weighted by molar-refractivity contribution is -0.126. The highest BCUT2D eigenvalue weighted by atomic mass is 16.2. The number of nitrogens with zero attached hydrogens (tertiary/aromatic N) is 1. The highest BCUT2D eigenvalue weighted by Crippen LogP contribution is 2.15. The van der Waals surface area contributed by atoms with Crippen molar-refractivity contribution in [2.45, 2.75) is 25.2 Å². The van der Waals surface area contributed by atoms with Crippen molar-refractivity contribution < 1.29 is 9.59 Å². The summed E-state index contributed by atoms with van der Waals surface area (Å²) in [4.78, 5) is 27.3. The Hall–Kier alpha value is -2.92. The van der Waals surface area contributed by atoms with Gasteiger partial charge in [-0.05, 0) is 43.0 Å². The van der Waals surface area contributed by atoms with Gasteiger partial charge in [0.1, 0.15) is 0 Å². The Kier molecular flexibility index (Phi) is 8.66. The van der Waals surface area contributed by atoms with Gasteiger partial charge in [-0.3, -0.25) is 9.59 Å². The second-order valence-corrected chi connectivity index (χ2v) is 7.59. The first kappa shape index (κ1) is 21.8. The van der Waals surface area contributed by atoms with Crippen LogP contribution in [0.1, 0.15) is 36.3 Å². The molecular formula is C25H31N3O2. The van der Waals surface area contributed by atoms with Crippen molar-refractivity contribution in [1.29, 1.82) is 0 Å². The van der Waals surface area contributed by atoms with Crippen LogP contribution in [-0.2, 0) is 9.59 Å². The topological polar surface area (TPSA) is 61.4 Å². The first-order valence-electron chi connectivity index (χ1n) is 10.8. The van der Waals surface area contributed by atoms with E-state index in [-0.39, 0.29) is 17.7 Å². The van der Waals surface area contributed by atoms with Crippen LogP contribution < -0.4 is 10.6 Å². The molecule has 5 nitrogen and oxygen atoms in total. The smallest absolute Gasteiger partial charge is 0.246 e. The maximum atomic E-state index is 12.7. The minimum atomic E-state index is -0.196. The molecule has 0 spiro atoms. The minimum Gasteiger partial charge on any atom is -0.355 e. The number of benzene rings is 2. The Balaban J connectivity index is 1.59. The van der Waals surface area contributed by atoms with E-state index in [1.165, 1.54) is 0 Å². The van der Waals surface area contributed by atoms with Gasteiger partial charge in [0.05, 0.1) is 5.92 Å². The van der Waals surface area contributed by atoms with Crippen LogP contribution in [0.5, 0.6) is 0 Å². The highest BCUT2D eigenvalue weighted by molar-refractivity contribution is 5.91. The fourth-order valence-electron chi connectivity index (χ4n) is 3.62. The van der Waals surface area contributed by atoms with Crippen molar-refractivity contribution in [2.24, 2.45) is 0 Å². The Morgan fingerprint density at radius 3 is 2.37 bits per heavy atom. The lowest BCUT2D eigenvalue weighted by Crippen LogP contribution is -2.37. The van der Waals surface area contributed by atoms with Crippen molar-refractivity contribution >= 4 is 17.9 Å². The normalized spacial score (nSPS) is 19.4. The Labute approximate surface area is 179 Å². The molecule has 3 rings (SSSR count). The maximum absolute atomic E-state index is 12.7. The number of amides is 2. The van der Waals surface area contributed by atoms with Gasteiger partial charge < -0.3 is 15.5 Å². The molecule has 0 aliphatic carbocycles. The third-order valence-electron chi connectivity index (χ3n) is 5.33. The monoisotopic (exact) mass is 405 g/mol. The van der Waals surface area contributed by atoms with E-state index in [1.807, 2.05) is 71.6 Å². The Bertz CT molecular complexity index is 821. The van der Waals surface area contributed by atoms with Crippen molar-refractivity contribution in [3.8, 4) is 0 Å². The molecule has 1 aliphatic heterocycles. The van der Waals surface area contributed by atoms with Crippen LogP contribution in [0.25, 0.3) is 6.08 Å². The zero-order valence-corrected chi connectivity index (χ0v) is 17.4. The first-order chi connectivity index (χ1) is 14.7. The number of rotatable bonds is 3. The van der Waals surface area contributed by atoms with Crippen molar-refractivity contribution in [3.05, 3.63) is 77.9 Å². The summed E-state index contributed by atoms with van der Waals surface area (Å²) >= 11 is 0. The average Bonchev–Trinajstić information content (AvgIpc) is 2.80. The van der Waals surface area contributed by atoms with E-state index < -0.39 is 0 Å². The van der Waals surface area contributed by atoms with Crippen molar-refractivity contribution in [3.63, 3.8) is 0 Å². The van der Waals surface area contributed by atoms with E-state index in [4.69, 9.17) is 0 Å². The number of nitrogens with one attached hydrogen (secondary N) is 2. The molecule has 1 atom stereocenters. The van der Waals surface area contributed by atoms with Crippen LogP contribution in [0.4, 0.5) is 0 Å². The van der Waals surface area contributed by atoms with Crippen LogP contribution in [-0.4, -0.2) is 49.4 Å². The van der Waals surface area contributed by atoms with Gasteiger partial charge in [-0.25, -0.2) is 0 Å². The molecule has 0 unspecified atom stereocenters. The third-order valence-corrected chi connectivity index (χ3v) is 5.33. The first-order valence-corrected chi connectivity index (χ1v) is 10.8. The molecular weight excluding hydrogens is 374 g/mol. The van der Waals surface area contributed by atoms with Crippen LogP contribution in [0.3, 0.4) is 0 Å². The summed E-state index contributed by atoms with van der Waals surface area (Å²) in [6, 6.07) is 19.7. The molecule has 2 N–H and O–H groups in total. The minimum absolute atomic E-state index is 0.0233. The highest BCUT2D eigenvalue weighted by Gasteiger charge is 2.20. The van der Waals surface area contributed by atoms with Crippen molar-refractivity contribution in [2.75, 3.05) is 32.7 Å². The predicted octanol–water partition coefficient (Wildman–Crippen LogP) is 3.20. The second-order valence-electron chi connectivity index (χ2n) is 7.59. The van der Waals surface area contributed by atoms with Gasteiger partial charge in [-0.1, -0.05) is 60.7 Å². The van der Waals surface area contributed by atoms with Crippen LogP contribution in [0.2, 0.25) is 0 Å². The van der Waals surface area contributed by atoms with E-state index in [2.05, 4.69) is 10.6 Å². The van der Waals surface area contributed by atoms with Gasteiger partial charge in [0.25, 0.3) is 0 Å². The Morgan fingerprint density at radius 1 is 0.900 bits per heavy atom. The molecule has 0 bridgehead atoms. The van der Waals surface area contributed by atoms with Crippen molar-refractivity contribution in [1.82, 2.24) is 15.5 Å². The molecule has 158 valence electrons. The van der Waals surface area contributed by atoms with E-state index in [0.29, 0.717) is 19.6 Å². The van der Waals surface area contributed by atoms with Gasteiger partial charge in [-0.15, -0.1) is 0 Å². The molecule has 0 radical (unpaired) electrons. The number of carbonyl (C=O) groups is 2. The summed E-state index contributed by atoms with van der Waals surface area (Å²) in [7, 11) is 0. The summed E-state index contributed by atoms with van der Waals surface area (Å²) in [5.41, 5.74) is 2.04. The van der Waals surface area contributed by atoms with Crippen LogP contribution in [0, 0.1) is 0 Å². The number of carbonyl (C=O) groups excluding carboxylic acids is 2. The molecule has 0 saturated carbocycles. The molecule has 30 heavy (non-hydrogen) atoms. The summed E-state index contributed by atoms with van der Waals surface area (Å²) < 4.78 is 0. The van der Waals surface area contributed by atoms with Gasteiger partial charge in [-0.2, -0.15) is 0 Å².